The third-order valence-corrected chi connectivity index (χ3v) is 3.02. The van der Waals surface area contributed by atoms with Crippen LogP contribution in [0.15, 0.2) is 36.5 Å². The number of ether oxygens (including phenoxy) is 1. The number of nitrogens with zero attached hydrogens (tertiary/aromatic N) is 2. The Hall–Kier alpha value is -1.90. The predicted octanol–water partition coefficient (Wildman–Crippen LogP) is 3.03. The first-order valence-electron chi connectivity index (χ1n) is 5.85. The molecule has 0 unspecified atom stereocenters. The van der Waals surface area contributed by atoms with Crippen LogP contribution >= 0.6 is 0 Å². The van der Waals surface area contributed by atoms with Crippen molar-refractivity contribution < 1.29 is 4.74 Å². The van der Waals surface area contributed by atoms with Gasteiger partial charge < -0.3 is 4.74 Å². The van der Waals surface area contributed by atoms with E-state index in [1.54, 1.807) is 7.11 Å². The average Bonchev–Trinajstić information content (AvgIpc) is 3.23. The van der Waals surface area contributed by atoms with E-state index < -0.39 is 0 Å². The lowest BCUT2D eigenvalue weighted by atomic mass is 10.2. The molecule has 0 radical (unpaired) electrons. The first-order chi connectivity index (χ1) is 8.38. The molecule has 2 aromatic rings. The number of rotatable bonds is 3. The smallest absolute Gasteiger partial charge is 0.163 e. The van der Waals surface area contributed by atoms with Gasteiger partial charge in [-0.25, -0.2) is 9.97 Å². The number of hydrogen-bond acceptors (Lipinski definition) is 3. The second kappa shape index (κ2) is 4.17. The quantitative estimate of drug-likeness (QED) is 0.806. The van der Waals surface area contributed by atoms with Gasteiger partial charge in [-0.2, -0.15) is 0 Å². The third-order valence-electron chi connectivity index (χ3n) is 3.02. The summed E-state index contributed by atoms with van der Waals surface area (Å²) in [5.74, 6) is 2.22. The first kappa shape index (κ1) is 10.3. The Balaban J connectivity index is 2.04. The van der Waals surface area contributed by atoms with Crippen molar-refractivity contribution in [3.63, 3.8) is 0 Å². The van der Waals surface area contributed by atoms with Crippen LogP contribution in [0.5, 0.6) is 5.75 Å². The molecule has 0 N–H and O–H groups in total. The average molecular weight is 226 g/mol. The van der Waals surface area contributed by atoms with Crippen LogP contribution in [0.2, 0.25) is 0 Å². The van der Waals surface area contributed by atoms with E-state index in [2.05, 4.69) is 9.97 Å². The van der Waals surface area contributed by atoms with E-state index in [1.165, 1.54) is 12.8 Å². The van der Waals surface area contributed by atoms with Gasteiger partial charge in [-0.1, -0.05) is 12.1 Å². The summed E-state index contributed by atoms with van der Waals surface area (Å²) < 4.78 is 5.34. The fourth-order valence-corrected chi connectivity index (χ4v) is 1.94. The standard InChI is InChI=1S/C14H14N2O/c1-17-13-5-3-2-4-11(13)14-15-9-8-12(16-14)10-6-7-10/h2-5,8-10H,6-7H2,1H3. The molecule has 3 heteroatoms. The molecule has 0 spiro atoms. The van der Waals surface area contributed by atoms with Crippen LogP contribution in [0.4, 0.5) is 0 Å². The van der Waals surface area contributed by atoms with E-state index in [-0.39, 0.29) is 0 Å². The zero-order valence-electron chi connectivity index (χ0n) is 9.76. The number of hydrogen-bond donors (Lipinski definition) is 0. The Kier molecular flexibility index (Phi) is 2.52. The highest BCUT2D eigenvalue weighted by molar-refractivity contribution is 5.63. The van der Waals surface area contributed by atoms with E-state index >= 15 is 0 Å². The van der Waals surface area contributed by atoms with Crippen LogP contribution in [0.25, 0.3) is 11.4 Å². The zero-order valence-corrected chi connectivity index (χ0v) is 9.76. The summed E-state index contributed by atoms with van der Waals surface area (Å²) in [6.07, 6.45) is 4.34. The van der Waals surface area contributed by atoms with E-state index in [0.29, 0.717) is 5.92 Å². The molecule has 1 heterocycles. The lowest BCUT2D eigenvalue weighted by molar-refractivity contribution is 0.416. The second-order valence-electron chi connectivity index (χ2n) is 4.28. The lowest BCUT2D eigenvalue weighted by Crippen LogP contribution is -1.95. The van der Waals surface area contributed by atoms with E-state index in [4.69, 9.17) is 4.74 Å². The fraction of sp³-hybridized carbons (Fsp3) is 0.286. The molecule has 1 aliphatic rings. The highest BCUT2D eigenvalue weighted by Gasteiger charge is 2.25. The van der Waals surface area contributed by atoms with Gasteiger partial charge in [0.25, 0.3) is 0 Å². The first-order valence-corrected chi connectivity index (χ1v) is 5.85. The molecule has 1 aromatic heterocycles. The maximum Gasteiger partial charge on any atom is 0.163 e. The Morgan fingerprint density at radius 2 is 2.00 bits per heavy atom. The van der Waals surface area contributed by atoms with Gasteiger partial charge in [0.1, 0.15) is 5.75 Å². The zero-order chi connectivity index (χ0) is 11.7. The SMILES string of the molecule is COc1ccccc1-c1nccc(C2CC2)n1. The molecule has 1 fully saturated rings. The predicted molar refractivity (Wildman–Crippen MR) is 66.0 cm³/mol. The van der Waals surface area contributed by atoms with Gasteiger partial charge in [0, 0.05) is 17.8 Å². The molecule has 86 valence electrons. The second-order valence-corrected chi connectivity index (χ2v) is 4.28. The van der Waals surface area contributed by atoms with Crippen LogP contribution < -0.4 is 4.74 Å². The molecule has 3 rings (SSSR count). The highest BCUT2D eigenvalue weighted by atomic mass is 16.5. The molecule has 17 heavy (non-hydrogen) atoms. The van der Waals surface area contributed by atoms with Gasteiger partial charge in [0.05, 0.1) is 12.7 Å². The third kappa shape index (κ3) is 2.00. The molecule has 1 saturated carbocycles. The molecule has 1 aliphatic carbocycles. The summed E-state index contributed by atoms with van der Waals surface area (Å²) in [5, 5.41) is 0. The Labute approximate surface area is 100 Å². The van der Waals surface area contributed by atoms with Gasteiger partial charge in [-0.3, -0.25) is 0 Å². The molecule has 0 amide bonds. The van der Waals surface area contributed by atoms with Crippen molar-refractivity contribution in [2.24, 2.45) is 0 Å². The normalized spacial score (nSPS) is 14.6. The van der Waals surface area contributed by atoms with Gasteiger partial charge in [-0.05, 0) is 31.0 Å². The molecule has 0 saturated heterocycles. The van der Waals surface area contributed by atoms with Crippen LogP contribution in [0.3, 0.4) is 0 Å². The molecule has 0 atom stereocenters. The van der Waals surface area contributed by atoms with Crippen LogP contribution in [0.1, 0.15) is 24.5 Å². The number of benzene rings is 1. The molecular formula is C14H14N2O. The van der Waals surface area contributed by atoms with Crippen molar-refractivity contribution in [1.82, 2.24) is 9.97 Å². The van der Waals surface area contributed by atoms with Crippen molar-refractivity contribution >= 4 is 0 Å². The van der Waals surface area contributed by atoms with Crippen molar-refractivity contribution in [3.05, 3.63) is 42.2 Å². The topological polar surface area (TPSA) is 35.0 Å². The van der Waals surface area contributed by atoms with Gasteiger partial charge in [-0.15, -0.1) is 0 Å². The summed E-state index contributed by atoms with van der Waals surface area (Å²) in [6.45, 7) is 0. The van der Waals surface area contributed by atoms with Gasteiger partial charge in [0.2, 0.25) is 0 Å². The lowest BCUT2D eigenvalue weighted by Gasteiger charge is -2.07. The largest absolute Gasteiger partial charge is 0.496 e. The van der Waals surface area contributed by atoms with E-state index in [1.807, 2.05) is 36.5 Å². The molecule has 3 nitrogen and oxygen atoms in total. The summed E-state index contributed by atoms with van der Waals surface area (Å²) in [7, 11) is 1.67. The monoisotopic (exact) mass is 226 g/mol. The van der Waals surface area contributed by atoms with Crippen molar-refractivity contribution in [2.45, 2.75) is 18.8 Å². The molecule has 0 aliphatic heterocycles. The van der Waals surface area contributed by atoms with Crippen molar-refractivity contribution in [1.29, 1.82) is 0 Å². The highest BCUT2D eigenvalue weighted by Crippen LogP contribution is 2.39. The van der Waals surface area contributed by atoms with E-state index in [9.17, 15) is 0 Å². The van der Waals surface area contributed by atoms with Crippen molar-refractivity contribution in [2.75, 3.05) is 7.11 Å². The number of para-hydroxylation sites is 1. The van der Waals surface area contributed by atoms with Crippen LogP contribution in [-0.4, -0.2) is 17.1 Å². The van der Waals surface area contributed by atoms with Crippen LogP contribution in [-0.2, 0) is 0 Å². The molecular weight excluding hydrogens is 212 g/mol. The number of aromatic nitrogens is 2. The van der Waals surface area contributed by atoms with Gasteiger partial charge >= 0.3 is 0 Å². The molecule has 0 bridgehead atoms. The summed E-state index contributed by atoms with van der Waals surface area (Å²) in [5.41, 5.74) is 2.11. The van der Waals surface area contributed by atoms with Crippen LogP contribution in [0, 0.1) is 0 Å². The summed E-state index contributed by atoms with van der Waals surface area (Å²) >= 11 is 0. The van der Waals surface area contributed by atoms with Crippen molar-refractivity contribution in [3.8, 4) is 17.1 Å². The Morgan fingerprint density at radius 3 is 2.76 bits per heavy atom. The summed E-state index contributed by atoms with van der Waals surface area (Å²) in [4.78, 5) is 8.96. The minimum Gasteiger partial charge on any atom is -0.496 e. The van der Waals surface area contributed by atoms with E-state index in [0.717, 1.165) is 22.8 Å². The number of methoxy groups -OCH3 is 1. The minimum absolute atomic E-state index is 0.645. The summed E-state index contributed by atoms with van der Waals surface area (Å²) in [6, 6.07) is 9.86. The maximum atomic E-state index is 5.34. The molecule has 1 aromatic carbocycles. The van der Waals surface area contributed by atoms with Gasteiger partial charge in [0.15, 0.2) is 5.82 Å². The maximum absolute atomic E-state index is 5.34. The fourth-order valence-electron chi connectivity index (χ4n) is 1.94. The Bertz CT molecular complexity index is 535. The minimum atomic E-state index is 0.645. The Morgan fingerprint density at radius 1 is 1.18 bits per heavy atom.